The van der Waals surface area contributed by atoms with Crippen molar-refractivity contribution in [2.24, 2.45) is 5.92 Å². The molecular formula is C19H26N2O5. The molecule has 0 saturated carbocycles. The lowest BCUT2D eigenvalue weighted by Gasteiger charge is -2.29. The van der Waals surface area contributed by atoms with E-state index < -0.39 is 12.0 Å². The van der Waals surface area contributed by atoms with E-state index >= 15 is 0 Å². The van der Waals surface area contributed by atoms with Crippen LogP contribution >= 0.6 is 0 Å². The monoisotopic (exact) mass is 362 g/mol. The second kappa shape index (κ2) is 8.60. The van der Waals surface area contributed by atoms with Crippen molar-refractivity contribution in [1.29, 1.82) is 0 Å². The number of amides is 2. The van der Waals surface area contributed by atoms with Crippen LogP contribution in [0.15, 0.2) is 29.5 Å². The largest absolute Gasteiger partial charge is 0.497 e. The van der Waals surface area contributed by atoms with Gasteiger partial charge >= 0.3 is 12.0 Å². The third-order valence-electron chi connectivity index (χ3n) is 4.17. The Morgan fingerprint density at radius 1 is 1.23 bits per heavy atom. The second-order valence-corrected chi connectivity index (χ2v) is 6.50. The van der Waals surface area contributed by atoms with Gasteiger partial charge in [0.25, 0.3) is 0 Å². The van der Waals surface area contributed by atoms with Gasteiger partial charge < -0.3 is 24.8 Å². The van der Waals surface area contributed by atoms with Crippen LogP contribution in [-0.2, 0) is 9.53 Å². The van der Waals surface area contributed by atoms with E-state index in [0.29, 0.717) is 40.9 Å². The molecule has 142 valence electrons. The smallest absolute Gasteiger partial charge is 0.338 e. The SMILES string of the molecule is COc1ccc(C2NC(=O)NC(C)=C2C(=O)OCCC(C)C)c(OC)c1. The van der Waals surface area contributed by atoms with E-state index in [1.165, 1.54) is 7.11 Å². The highest BCUT2D eigenvalue weighted by molar-refractivity contribution is 5.95. The van der Waals surface area contributed by atoms with Gasteiger partial charge in [0.15, 0.2) is 0 Å². The van der Waals surface area contributed by atoms with Crippen LogP contribution < -0.4 is 20.1 Å². The summed E-state index contributed by atoms with van der Waals surface area (Å²) in [6, 6.07) is 4.17. The van der Waals surface area contributed by atoms with Crippen molar-refractivity contribution in [2.45, 2.75) is 33.2 Å². The number of nitrogens with one attached hydrogen (secondary N) is 2. The van der Waals surface area contributed by atoms with E-state index in [2.05, 4.69) is 24.5 Å². The Balaban J connectivity index is 2.36. The molecular weight excluding hydrogens is 336 g/mol. The van der Waals surface area contributed by atoms with E-state index in [1.807, 2.05) is 0 Å². The summed E-state index contributed by atoms with van der Waals surface area (Å²) >= 11 is 0. The number of urea groups is 1. The number of methoxy groups -OCH3 is 2. The molecule has 0 radical (unpaired) electrons. The van der Waals surface area contributed by atoms with Gasteiger partial charge in [-0.05, 0) is 31.4 Å². The number of allylic oxidation sites excluding steroid dienone is 1. The number of benzene rings is 1. The van der Waals surface area contributed by atoms with E-state index in [9.17, 15) is 9.59 Å². The molecule has 0 spiro atoms. The molecule has 7 nitrogen and oxygen atoms in total. The zero-order valence-corrected chi connectivity index (χ0v) is 15.8. The van der Waals surface area contributed by atoms with E-state index in [0.717, 1.165) is 6.42 Å². The van der Waals surface area contributed by atoms with Gasteiger partial charge in [0, 0.05) is 17.3 Å². The Bertz CT molecular complexity index is 712. The van der Waals surface area contributed by atoms with Crippen molar-refractivity contribution in [3.63, 3.8) is 0 Å². The van der Waals surface area contributed by atoms with Crippen LogP contribution in [0.2, 0.25) is 0 Å². The molecule has 1 aliphatic rings. The van der Waals surface area contributed by atoms with Crippen molar-refractivity contribution in [3.05, 3.63) is 35.0 Å². The van der Waals surface area contributed by atoms with Crippen LogP contribution in [0.3, 0.4) is 0 Å². The third kappa shape index (κ3) is 4.47. The lowest BCUT2D eigenvalue weighted by Crippen LogP contribution is -2.45. The molecule has 0 saturated heterocycles. The molecule has 2 rings (SSSR count). The number of rotatable bonds is 7. The van der Waals surface area contributed by atoms with E-state index in [-0.39, 0.29) is 6.03 Å². The molecule has 1 aromatic carbocycles. The zero-order chi connectivity index (χ0) is 19.3. The first-order valence-electron chi connectivity index (χ1n) is 8.54. The van der Waals surface area contributed by atoms with Crippen molar-refractivity contribution in [2.75, 3.05) is 20.8 Å². The van der Waals surface area contributed by atoms with Crippen molar-refractivity contribution < 1.29 is 23.8 Å². The van der Waals surface area contributed by atoms with Gasteiger partial charge in [0.1, 0.15) is 11.5 Å². The van der Waals surface area contributed by atoms with Gasteiger partial charge in [-0.3, -0.25) is 0 Å². The van der Waals surface area contributed by atoms with Gasteiger partial charge in [-0.1, -0.05) is 13.8 Å². The molecule has 0 aliphatic carbocycles. The fourth-order valence-electron chi connectivity index (χ4n) is 2.72. The molecule has 0 bridgehead atoms. The first-order valence-corrected chi connectivity index (χ1v) is 8.54. The fourth-order valence-corrected chi connectivity index (χ4v) is 2.72. The lowest BCUT2D eigenvalue weighted by molar-refractivity contribution is -0.139. The van der Waals surface area contributed by atoms with Gasteiger partial charge in [0.2, 0.25) is 0 Å². The minimum Gasteiger partial charge on any atom is -0.497 e. The van der Waals surface area contributed by atoms with Crippen molar-refractivity contribution >= 4 is 12.0 Å². The zero-order valence-electron chi connectivity index (χ0n) is 15.8. The number of carbonyl (C=O) groups excluding carboxylic acids is 2. The Morgan fingerprint density at radius 2 is 1.96 bits per heavy atom. The Morgan fingerprint density at radius 3 is 2.58 bits per heavy atom. The predicted octanol–water partition coefficient (Wildman–Crippen LogP) is 2.92. The van der Waals surface area contributed by atoms with Gasteiger partial charge in [-0.2, -0.15) is 0 Å². The molecule has 1 aliphatic heterocycles. The summed E-state index contributed by atoms with van der Waals surface area (Å²) in [6.07, 6.45) is 0.772. The highest BCUT2D eigenvalue weighted by atomic mass is 16.5. The first-order chi connectivity index (χ1) is 12.4. The minimum absolute atomic E-state index is 0.327. The van der Waals surface area contributed by atoms with Crippen LogP contribution in [0.5, 0.6) is 11.5 Å². The highest BCUT2D eigenvalue weighted by Gasteiger charge is 2.34. The average molecular weight is 362 g/mol. The molecule has 0 fully saturated rings. The van der Waals surface area contributed by atoms with Crippen molar-refractivity contribution in [3.8, 4) is 11.5 Å². The van der Waals surface area contributed by atoms with Gasteiger partial charge in [-0.15, -0.1) is 0 Å². The molecule has 1 unspecified atom stereocenters. The normalized spacial score (nSPS) is 16.8. The molecule has 2 amide bonds. The predicted molar refractivity (Wildman–Crippen MR) is 97.1 cm³/mol. The molecule has 0 aromatic heterocycles. The Labute approximate surface area is 153 Å². The van der Waals surface area contributed by atoms with Crippen molar-refractivity contribution in [1.82, 2.24) is 10.6 Å². The minimum atomic E-state index is -0.670. The highest BCUT2D eigenvalue weighted by Crippen LogP contribution is 2.35. The topological polar surface area (TPSA) is 85.9 Å². The number of carbonyl (C=O) groups is 2. The van der Waals surface area contributed by atoms with E-state index in [1.54, 1.807) is 32.2 Å². The third-order valence-corrected chi connectivity index (χ3v) is 4.17. The van der Waals surface area contributed by atoms with Gasteiger partial charge in [0.05, 0.1) is 32.4 Å². The van der Waals surface area contributed by atoms with Crippen LogP contribution in [0.4, 0.5) is 4.79 Å². The maximum atomic E-state index is 12.7. The maximum absolute atomic E-state index is 12.7. The maximum Gasteiger partial charge on any atom is 0.338 e. The van der Waals surface area contributed by atoms with Gasteiger partial charge in [-0.25, -0.2) is 9.59 Å². The Hall–Kier alpha value is -2.70. The number of hydrogen-bond donors (Lipinski definition) is 2. The number of hydrogen-bond acceptors (Lipinski definition) is 5. The standard InChI is InChI=1S/C19H26N2O5/c1-11(2)8-9-26-18(22)16-12(3)20-19(23)21-17(16)14-7-6-13(24-4)10-15(14)25-5/h6-7,10-11,17H,8-9H2,1-5H3,(H2,20,21,23). The molecule has 2 N–H and O–H groups in total. The van der Waals surface area contributed by atoms with Crippen LogP contribution in [0.25, 0.3) is 0 Å². The summed E-state index contributed by atoms with van der Waals surface area (Å²) in [6.45, 7) is 6.13. The quantitative estimate of drug-likeness (QED) is 0.729. The molecule has 1 aromatic rings. The molecule has 1 heterocycles. The average Bonchev–Trinajstić information content (AvgIpc) is 2.59. The lowest BCUT2D eigenvalue weighted by atomic mass is 9.94. The molecule has 1 atom stereocenters. The number of ether oxygens (including phenoxy) is 3. The number of esters is 1. The van der Waals surface area contributed by atoms with Crippen LogP contribution in [0, 0.1) is 5.92 Å². The molecule has 7 heteroatoms. The second-order valence-electron chi connectivity index (χ2n) is 6.50. The summed E-state index contributed by atoms with van der Waals surface area (Å²) in [5, 5.41) is 5.41. The van der Waals surface area contributed by atoms with Crippen LogP contribution in [-0.4, -0.2) is 32.8 Å². The summed E-state index contributed by atoms with van der Waals surface area (Å²) in [5.74, 6) is 1.10. The van der Waals surface area contributed by atoms with E-state index in [4.69, 9.17) is 14.2 Å². The summed E-state index contributed by atoms with van der Waals surface area (Å²) in [4.78, 5) is 24.6. The van der Waals surface area contributed by atoms with Crippen LogP contribution in [0.1, 0.15) is 38.8 Å². The molecule has 26 heavy (non-hydrogen) atoms. The summed E-state index contributed by atoms with van der Waals surface area (Å²) in [5.41, 5.74) is 1.47. The summed E-state index contributed by atoms with van der Waals surface area (Å²) < 4.78 is 16.0. The first kappa shape index (κ1) is 19.6. The Kier molecular flexibility index (Phi) is 6.49. The summed E-state index contributed by atoms with van der Waals surface area (Å²) in [7, 11) is 3.08. The fraction of sp³-hybridized carbons (Fsp3) is 0.474.